The predicted octanol–water partition coefficient (Wildman–Crippen LogP) is 4.37. The maximum absolute atomic E-state index is 6.40. The van der Waals surface area contributed by atoms with Crippen LogP contribution in [-0.2, 0) is 0 Å². The topological polar surface area (TPSA) is 29.3 Å². The van der Waals surface area contributed by atoms with Crippen molar-refractivity contribution in [1.29, 1.82) is 0 Å². The van der Waals surface area contributed by atoms with E-state index in [1.54, 1.807) is 0 Å². The van der Waals surface area contributed by atoms with Crippen molar-refractivity contribution < 1.29 is 0 Å². The summed E-state index contributed by atoms with van der Waals surface area (Å²) in [6.45, 7) is 7.86. The summed E-state index contributed by atoms with van der Waals surface area (Å²) in [5.74, 6) is 0. The Morgan fingerprint density at radius 2 is 2.05 bits per heavy atom. The molecular formula is C15H22BrClN2. The van der Waals surface area contributed by atoms with E-state index in [9.17, 15) is 0 Å². The van der Waals surface area contributed by atoms with E-state index < -0.39 is 0 Å². The Labute approximate surface area is 129 Å². The Morgan fingerprint density at radius 1 is 1.37 bits per heavy atom. The molecule has 1 saturated heterocycles. The maximum Gasteiger partial charge on any atom is 0.0548 e. The van der Waals surface area contributed by atoms with Crippen LogP contribution in [0.3, 0.4) is 0 Å². The molecule has 2 N–H and O–H groups in total. The van der Waals surface area contributed by atoms with Gasteiger partial charge in [0, 0.05) is 16.1 Å². The van der Waals surface area contributed by atoms with Gasteiger partial charge in [0.05, 0.1) is 11.1 Å². The van der Waals surface area contributed by atoms with Gasteiger partial charge in [-0.05, 0) is 73.8 Å². The van der Waals surface area contributed by atoms with Gasteiger partial charge in [-0.1, -0.05) is 17.7 Å². The Morgan fingerprint density at radius 3 is 2.63 bits per heavy atom. The van der Waals surface area contributed by atoms with Crippen molar-refractivity contribution in [3.05, 3.63) is 33.3 Å². The highest BCUT2D eigenvalue weighted by molar-refractivity contribution is 9.10. The molecule has 1 aromatic carbocycles. The minimum Gasteiger partial charge on any atom is -0.326 e. The van der Waals surface area contributed by atoms with Crippen LogP contribution in [0.25, 0.3) is 0 Å². The van der Waals surface area contributed by atoms with Crippen molar-refractivity contribution in [3.8, 4) is 0 Å². The van der Waals surface area contributed by atoms with E-state index in [2.05, 4.69) is 53.7 Å². The molecule has 2 nitrogen and oxygen atoms in total. The van der Waals surface area contributed by atoms with Gasteiger partial charge < -0.3 is 5.73 Å². The molecule has 0 spiro atoms. The molecule has 0 radical (unpaired) electrons. The van der Waals surface area contributed by atoms with Crippen LogP contribution < -0.4 is 5.73 Å². The van der Waals surface area contributed by atoms with Gasteiger partial charge in [0.15, 0.2) is 0 Å². The molecule has 2 atom stereocenters. The molecule has 0 saturated carbocycles. The molecular weight excluding hydrogens is 324 g/mol. The van der Waals surface area contributed by atoms with E-state index in [1.807, 2.05) is 6.07 Å². The lowest BCUT2D eigenvalue weighted by Crippen LogP contribution is -2.53. The van der Waals surface area contributed by atoms with Crippen molar-refractivity contribution >= 4 is 27.5 Å². The average Bonchev–Trinajstić information content (AvgIpc) is 2.31. The van der Waals surface area contributed by atoms with Gasteiger partial charge in [0.25, 0.3) is 0 Å². The fraction of sp³-hybridized carbons (Fsp3) is 0.600. The minimum atomic E-state index is 0.120. The molecule has 2 rings (SSSR count). The summed E-state index contributed by atoms with van der Waals surface area (Å²) in [6.07, 6.45) is 2.25. The van der Waals surface area contributed by atoms with E-state index in [4.69, 9.17) is 17.3 Å². The Hall–Kier alpha value is -0.0900. The lowest BCUT2D eigenvalue weighted by molar-refractivity contribution is 0.0384. The van der Waals surface area contributed by atoms with Crippen molar-refractivity contribution in [3.63, 3.8) is 0 Å². The lowest BCUT2D eigenvalue weighted by atomic mass is 9.87. The monoisotopic (exact) mass is 344 g/mol. The molecule has 0 aromatic heterocycles. The smallest absolute Gasteiger partial charge is 0.0548 e. The number of hydrogen-bond donors (Lipinski definition) is 1. The number of likely N-dealkylation sites (tertiary alicyclic amines) is 1. The molecule has 106 valence electrons. The molecule has 1 aromatic rings. The number of halogens is 2. The zero-order valence-corrected chi connectivity index (χ0v) is 14.1. The fourth-order valence-corrected chi connectivity index (χ4v) is 3.42. The SMILES string of the molecule is CC(C)(C)N1CCCC(N)C1c1ccc(Cl)c(Br)c1. The molecule has 4 heteroatoms. The third kappa shape index (κ3) is 3.33. The normalized spacial score (nSPS) is 25.6. The van der Waals surface area contributed by atoms with Crippen LogP contribution in [-0.4, -0.2) is 23.0 Å². The van der Waals surface area contributed by atoms with Gasteiger partial charge in [-0.2, -0.15) is 0 Å². The van der Waals surface area contributed by atoms with Crippen LogP contribution >= 0.6 is 27.5 Å². The highest BCUT2D eigenvalue weighted by Gasteiger charge is 2.36. The van der Waals surface area contributed by atoms with Gasteiger partial charge >= 0.3 is 0 Å². The maximum atomic E-state index is 6.40. The van der Waals surface area contributed by atoms with E-state index >= 15 is 0 Å². The van der Waals surface area contributed by atoms with Crippen LogP contribution in [0.5, 0.6) is 0 Å². The second-order valence-electron chi connectivity index (χ2n) is 6.29. The minimum absolute atomic E-state index is 0.120. The predicted molar refractivity (Wildman–Crippen MR) is 85.6 cm³/mol. The molecule has 1 fully saturated rings. The number of hydrogen-bond acceptors (Lipinski definition) is 2. The molecule has 0 amide bonds. The molecule has 1 aliphatic heterocycles. The fourth-order valence-electron chi connectivity index (χ4n) is 2.90. The third-order valence-corrected chi connectivity index (χ3v) is 5.04. The molecule has 1 aliphatic rings. The summed E-state index contributed by atoms with van der Waals surface area (Å²) in [5.41, 5.74) is 7.76. The molecule has 0 aliphatic carbocycles. The summed E-state index contributed by atoms with van der Waals surface area (Å²) in [5, 5.41) is 0.746. The first kappa shape index (κ1) is 15.3. The highest BCUT2D eigenvalue weighted by Crippen LogP contribution is 2.37. The second-order valence-corrected chi connectivity index (χ2v) is 7.55. The quantitative estimate of drug-likeness (QED) is 0.819. The average molecular weight is 346 g/mol. The Bertz CT molecular complexity index is 456. The van der Waals surface area contributed by atoms with E-state index in [1.165, 1.54) is 12.0 Å². The number of rotatable bonds is 1. The van der Waals surface area contributed by atoms with Crippen LogP contribution in [0.2, 0.25) is 5.02 Å². The standard InChI is InChI=1S/C15H22BrClN2/c1-15(2,3)19-8-4-5-13(18)14(19)10-6-7-12(17)11(16)9-10/h6-7,9,13-14H,4-5,8,18H2,1-3H3. The van der Waals surface area contributed by atoms with Gasteiger partial charge in [-0.3, -0.25) is 4.90 Å². The van der Waals surface area contributed by atoms with Crippen molar-refractivity contribution in [2.24, 2.45) is 5.73 Å². The molecule has 19 heavy (non-hydrogen) atoms. The Balaban J connectivity index is 2.39. The summed E-state index contributed by atoms with van der Waals surface area (Å²) < 4.78 is 0.943. The summed E-state index contributed by atoms with van der Waals surface area (Å²) in [4.78, 5) is 2.51. The van der Waals surface area contributed by atoms with Gasteiger partial charge in [0.1, 0.15) is 0 Å². The summed E-state index contributed by atoms with van der Waals surface area (Å²) in [6, 6.07) is 6.60. The van der Waals surface area contributed by atoms with Crippen LogP contribution in [0.1, 0.15) is 45.2 Å². The van der Waals surface area contributed by atoms with E-state index in [0.717, 1.165) is 22.5 Å². The van der Waals surface area contributed by atoms with E-state index in [0.29, 0.717) is 0 Å². The van der Waals surface area contributed by atoms with Crippen molar-refractivity contribution in [2.75, 3.05) is 6.54 Å². The first-order valence-corrected chi connectivity index (χ1v) is 7.95. The third-order valence-electron chi connectivity index (χ3n) is 3.82. The van der Waals surface area contributed by atoms with Gasteiger partial charge in [-0.25, -0.2) is 0 Å². The van der Waals surface area contributed by atoms with Gasteiger partial charge in [0.2, 0.25) is 0 Å². The molecule has 1 heterocycles. The number of nitrogens with two attached hydrogens (primary N) is 1. The van der Waals surface area contributed by atoms with Crippen LogP contribution in [0, 0.1) is 0 Å². The largest absolute Gasteiger partial charge is 0.326 e. The molecule has 0 bridgehead atoms. The first-order chi connectivity index (χ1) is 8.80. The lowest BCUT2D eigenvalue weighted by Gasteiger charge is -2.47. The van der Waals surface area contributed by atoms with Crippen molar-refractivity contribution in [2.45, 2.75) is 51.2 Å². The first-order valence-electron chi connectivity index (χ1n) is 6.78. The highest BCUT2D eigenvalue weighted by atomic mass is 79.9. The van der Waals surface area contributed by atoms with E-state index in [-0.39, 0.29) is 17.6 Å². The molecule has 2 unspecified atom stereocenters. The Kier molecular flexibility index (Phi) is 4.61. The zero-order valence-electron chi connectivity index (χ0n) is 11.8. The zero-order chi connectivity index (χ0) is 14.2. The van der Waals surface area contributed by atoms with Gasteiger partial charge in [-0.15, -0.1) is 0 Å². The van der Waals surface area contributed by atoms with Crippen LogP contribution in [0.4, 0.5) is 0 Å². The number of benzene rings is 1. The summed E-state index contributed by atoms with van der Waals surface area (Å²) >= 11 is 9.60. The number of nitrogens with zero attached hydrogens (tertiary/aromatic N) is 1. The number of piperidine rings is 1. The van der Waals surface area contributed by atoms with Crippen LogP contribution in [0.15, 0.2) is 22.7 Å². The second kappa shape index (κ2) is 5.72. The summed E-state index contributed by atoms with van der Waals surface area (Å²) in [7, 11) is 0. The van der Waals surface area contributed by atoms with Crippen molar-refractivity contribution in [1.82, 2.24) is 4.90 Å².